The lowest BCUT2D eigenvalue weighted by molar-refractivity contribution is 0.0929. The van der Waals surface area contributed by atoms with Crippen LogP contribution in [0, 0.1) is 0 Å². The van der Waals surface area contributed by atoms with Crippen LogP contribution in [-0.2, 0) is 0 Å². The number of ether oxygens (including phenoxy) is 1. The highest BCUT2D eigenvalue weighted by Gasteiger charge is 2.39. The van der Waals surface area contributed by atoms with E-state index in [1.165, 1.54) is 19.5 Å². The number of Topliss-reactive ketones (excluding diaryl/α,β-unsaturated/α-hetero) is 1. The number of benzene rings is 1. The van der Waals surface area contributed by atoms with Crippen LogP contribution in [0.3, 0.4) is 0 Å². The summed E-state index contributed by atoms with van der Waals surface area (Å²) < 4.78 is 10.6. The lowest BCUT2D eigenvalue weighted by Gasteiger charge is -2.21. The average Bonchev–Trinajstić information content (AvgIpc) is 3.32. The van der Waals surface area contributed by atoms with Crippen molar-refractivity contribution < 1.29 is 18.7 Å². The van der Waals surface area contributed by atoms with Crippen LogP contribution < -0.4 is 15.4 Å². The van der Waals surface area contributed by atoms with Crippen LogP contribution in [0.15, 0.2) is 34.9 Å². The maximum Gasteiger partial charge on any atom is 0.399 e. The molecule has 25 heavy (non-hydrogen) atoms. The largest absolute Gasteiger partial charge is 0.411 e. The van der Waals surface area contributed by atoms with Crippen LogP contribution >= 0.6 is 0 Å². The molecule has 1 aromatic carbocycles. The Bertz CT molecular complexity index is 799. The fraction of sp³-hybridized carbons (Fsp3) is 0.389. The quantitative estimate of drug-likeness (QED) is 0.811. The van der Waals surface area contributed by atoms with Crippen LogP contribution in [0.4, 0.5) is 0 Å². The molecule has 1 aromatic heterocycles. The van der Waals surface area contributed by atoms with Gasteiger partial charge in [-0.2, -0.15) is 4.98 Å². The minimum absolute atomic E-state index is 0.00421. The summed E-state index contributed by atoms with van der Waals surface area (Å²) in [6.45, 7) is 1.39. The van der Waals surface area contributed by atoms with Crippen LogP contribution in [0.25, 0.3) is 0 Å². The molecule has 4 rings (SSSR count). The van der Waals surface area contributed by atoms with Gasteiger partial charge in [0.2, 0.25) is 0 Å². The number of hydrogen-bond acceptors (Lipinski definition) is 6. The minimum Gasteiger partial charge on any atom is -0.411 e. The Morgan fingerprint density at radius 3 is 2.68 bits per heavy atom. The normalized spacial score (nSPS) is 24.3. The Labute approximate surface area is 144 Å². The summed E-state index contributed by atoms with van der Waals surface area (Å²) in [5.74, 6) is 0.325. The molecule has 2 aliphatic rings. The summed E-state index contributed by atoms with van der Waals surface area (Å²) in [6.07, 6.45) is 4.65. The van der Waals surface area contributed by atoms with E-state index in [4.69, 9.17) is 9.15 Å². The molecule has 2 aliphatic heterocycles. The molecule has 3 atom stereocenters. The van der Waals surface area contributed by atoms with Crippen molar-refractivity contribution in [1.82, 2.24) is 15.6 Å². The first-order valence-electron chi connectivity index (χ1n) is 8.40. The highest BCUT2D eigenvalue weighted by atomic mass is 16.6. The van der Waals surface area contributed by atoms with Crippen molar-refractivity contribution in [3.05, 3.63) is 41.8 Å². The summed E-state index contributed by atoms with van der Waals surface area (Å²) in [5, 5.41) is 6.61. The van der Waals surface area contributed by atoms with Crippen molar-refractivity contribution >= 4 is 11.7 Å². The van der Waals surface area contributed by atoms with Gasteiger partial charge in [0.25, 0.3) is 5.91 Å². The third-order valence-corrected chi connectivity index (χ3v) is 4.77. The first kappa shape index (κ1) is 15.8. The number of fused-ring (bicyclic) bond motifs is 2. The second-order valence-electron chi connectivity index (χ2n) is 6.54. The van der Waals surface area contributed by atoms with E-state index in [-0.39, 0.29) is 29.6 Å². The lowest BCUT2D eigenvalue weighted by Crippen LogP contribution is -2.42. The third-order valence-electron chi connectivity index (χ3n) is 4.77. The van der Waals surface area contributed by atoms with Crippen molar-refractivity contribution in [3.63, 3.8) is 0 Å². The van der Waals surface area contributed by atoms with Gasteiger partial charge in [-0.15, -0.1) is 0 Å². The molecule has 2 N–H and O–H groups in total. The summed E-state index contributed by atoms with van der Waals surface area (Å²) in [6, 6.07) is 7.89. The standard InChI is InChI=1S/C18H19N3O4/c1-10(22)16-9-19-18(25-16)24-13-5-2-11(3-6-13)17(23)21-15-8-12-4-7-14(15)20-12/h2-3,5-6,9,12,14-15,20H,4,7-8H2,1H3,(H,21,23)/t12-,14+,15-/m1/s1. The molecule has 0 aliphatic carbocycles. The van der Waals surface area contributed by atoms with Gasteiger partial charge in [-0.05, 0) is 43.5 Å². The Balaban J connectivity index is 1.37. The molecule has 3 heterocycles. The fourth-order valence-electron chi connectivity index (χ4n) is 3.48. The number of carbonyl (C=O) groups is 2. The highest BCUT2D eigenvalue weighted by Crippen LogP contribution is 2.28. The first-order valence-corrected chi connectivity index (χ1v) is 8.40. The average molecular weight is 341 g/mol. The first-order chi connectivity index (χ1) is 12.1. The predicted octanol–water partition coefficient (Wildman–Crippen LogP) is 2.29. The number of oxazole rings is 1. The molecule has 0 saturated carbocycles. The smallest absolute Gasteiger partial charge is 0.399 e. The van der Waals surface area contributed by atoms with Gasteiger partial charge in [0.1, 0.15) is 5.75 Å². The van der Waals surface area contributed by atoms with Gasteiger partial charge in [-0.3, -0.25) is 9.59 Å². The number of carbonyl (C=O) groups excluding carboxylic acids is 2. The zero-order valence-electron chi connectivity index (χ0n) is 13.8. The molecular formula is C18H19N3O4. The van der Waals surface area contributed by atoms with Crippen LogP contribution in [-0.4, -0.2) is 34.8 Å². The lowest BCUT2D eigenvalue weighted by atomic mass is 9.95. The van der Waals surface area contributed by atoms with Crippen molar-refractivity contribution in [2.75, 3.05) is 0 Å². The predicted molar refractivity (Wildman–Crippen MR) is 88.8 cm³/mol. The summed E-state index contributed by atoms with van der Waals surface area (Å²) in [5.41, 5.74) is 0.576. The Morgan fingerprint density at radius 1 is 1.28 bits per heavy atom. The van der Waals surface area contributed by atoms with Gasteiger partial charge in [0, 0.05) is 30.6 Å². The summed E-state index contributed by atoms with van der Waals surface area (Å²) in [7, 11) is 0. The number of rotatable bonds is 5. The molecule has 2 bridgehead atoms. The second-order valence-corrected chi connectivity index (χ2v) is 6.54. The number of ketones is 1. The van der Waals surface area contributed by atoms with E-state index in [2.05, 4.69) is 15.6 Å². The van der Waals surface area contributed by atoms with E-state index in [1.807, 2.05) is 0 Å². The van der Waals surface area contributed by atoms with Gasteiger partial charge < -0.3 is 19.8 Å². The van der Waals surface area contributed by atoms with Crippen molar-refractivity contribution in [1.29, 1.82) is 0 Å². The maximum absolute atomic E-state index is 12.4. The second kappa shape index (κ2) is 6.33. The van der Waals surface area contributed by atoms with E-state index < -0.39 is 0 Å². The molecule has 0 unspecified atom stereocenters. The van der Waals surface area contributed by atoms with E-state index in [9.17, 15) is 9.59 Å². The van der Waals surface area contributed by atoms with Gasteiger partial charge >= 0.3 is 6.08 Å². The monoisotopic (exact) mass is 341 g/mol. The summed E-state index contributed by atoms with van der Waals surface area (Å²) in [4.78, 5) is 27.4. The molecule has 130 valence electrons. The Kier molecular flexibility index (Phi) is 4.01. The van der Waals surface area contributed by atoms with Gasteiger partial charge in [-0.1, -0.05) is 0 Å². The maximum atomic E-state index is 12.4. The summed E-state index contributed by atoms with van der Waals surface area (Å²) >= 11 is 0. The molecule has 2 saturated heterocycles. The van der Waals surface area contributed by atoms with Gasteiger partial charge in [-0.25, -0.2) is 0 Å². The van der Waals surface area contributed by atoms with E-state index in [0.29, 0.717) is 23.4 Å². The molecule has 2 aromatic rings. The number of nitrogens with one attached hydrogen (secondary N) is 2. The number of amides is 1. The van der Waals surface area contributed by atoms with Crippen molar-refractivity contribution in [2.45, 2.75) is 44.3 Å². The van der Waals surface area contributed by atoms with Crippen molar-refractivity contribution in [2.24, 2.45) is 0 Å². The van der Waals surface area contributed by atoms with Crippen LogP contribution in [0.5, 0.6) is 11.8 Å². The molecule has 7 nitrogen and oxygen atoms in total. The fourth-order valence-corrected chi connectivity index (χ4v) is 3.48. The van der Waals surface area contributed by atoms with E-state index >= 15 is 0 Å². The number of nitrogens with zero attached hydrogens (tertiary/aromatic N) is 1. The zero-order chi connectivity index (χ0) is 17.4. The van der Waals surface area contributed by atoms with Crippen LogP contribution in [0.1, 0.15) is 47.1 Å². The SMILES string of the molecule is CC(=O)c1cnc(Oc2ccc(C(=O)N[C@@H]3C[C@H]4CC[C@@H]3N4)cc2)o1. The highest BCUT2D eigenvalue weighted by molar-refractivity contribution is 5.94. The van der Waals surface area contributed by atoms with Crippen LogP contribution in [0.2, 0.25) is 0 Å². The molecule has 0 spiro atoms. The number of aromatic nitrogens is 1. The Morgan fingerprint density at radius 2 is 2.08 bits per heavy atom. The molecule has 1 amide bonds. The molecular weight excluding hydrogens is 322 g/mol. The molecule has 7 heteroatoms. The third kappa shape index (κ3) is 3.28. The van der Waals surface area contributed by atoms with Gasteiger partial charge in [0.15, 0.2) is 11.5 Å². The van der Waals surface area contributed by atoms with E-state index in [1.54, 1.807) is 24.3 Å². The van der Waals surface area contributed by atoms with E-state index in [0.717, 1.165) is 12.8 Å². The number of hydrogen-bond donors (Lipinski definition) is 2. The van der Waals surface area contributed by atoms with Gasteiger partial charge in [0.05, 0.1) is 6.20 Å². The zero-order valence-corrected chi connectivity index (χ0v) is 13.8. The van der Waals surface area contributed by atoms with Crippen molar-refractivity contribution in [3.8, 4) is 11.8 Å². The minimum atomic E-state index is -0.218. The Hall–Kier alpha value is -2.67. The topological polar surface area (TPSA) is 93.5 Å². The molecule has 2 fully saturated rings. The molecule has 0 radical (unpaired) electrons.